The number of ether oxygens (including phenoxy) is 1. The zero-order chi connectivity index (χ0) is 18.7. The van der Waals surface area contributed by atoms with Crippen molar-refractivity contribution in [1.82, 2.24) is 9.80 Å². The number of carbonyl (C=O) groups excluding carboxylic acids is 2. The third kappa shape index (κ3) is 4.33. The summed E-state index contributed by atoms with van der Waals surface area (Å²) < 4.78 is 6.03. The zero-order valence-corrected chi connectivity index (χ0v) is 16.2. The van der Waals surface area contributed by atoms with Crippen molar-refractivity contribution in [2.45, 2.75) is 58.6 Å². The van der Waals surface area contributed by atoms with Crippen LogP contribution in [0.25, 0.3) is 0 Å². The Morgan fingerprint density at radius 1 is 1.24 bits per heavy atom. The van der Waals surface area contributed by atoms with Crippen LogP contribution in [-0.4, -0.2) is 54.4 Å². The third-order valence-electron chi connectivity index (χ3n) is 4.70. The summed E-state index contributed by atoms with van der Waals surface area (Å²) in [6.07, 6.45) is 0.955. The molecule has 2 atom stereocenters. The van der Waals surface area contributed by atoms with Gasteiger partial charge in [-0.25, -0.2) is 0 Å². The molecule has 138 valence electrons. The Balaban J connectivity index is 2.15. The molecule has 1 fully saturated rings. The van der Waals surface area contributed by atoms with Gasteiger partial charge in [0.25, 0.3) is 5.91 Å². The summed E-state index contributed by atoms with van der Waals surface area (Å²) in [5.74, 6) is 0.934. The standard InChI is InChI=1S/C20H30N2O3/c1-13(2)16-10-9-14(3)12-18(16)25-15(4)19(23)22-11-7-8-17(22)20(24)21(5)6/h9-10,12-13,15,17H,7-8,11H2,1-6H3. The number of nitrogens with zero attached hydrogens (tertiary/aromatic N) is 2. The number of benzene rings is 1. The second-order valence-corrected chi connectivity index (χ2v) is 7.38. The van der Waals surface area contributed by atoms with E-state index in [0.717, 1.165) is 29.7 Å². The van der Waals surface area contributed by atoms with Gasteiger partial charge in [0, 0.05) is 20.6 Å². The Bertz CT molecular complexity index is 640. The van der Waals surface area contributed by atoms with Gasteiger partial charge in [-0.1, -0.05) is 26.0 Å². The van der Waals surface area contributed by atoms with Gasteiger partial charge in [0.1, 0.15) is 11.8 Å². The molecule has 1 aliphatic heterocycles. The Kier molecular flexibility index (Phi) is 6.09. The van der Waals surface area contributed by atoms with Crippen LogP contribution >= 0.6 is 0 Å². The maximum Gasteiger partial charge on any atom is 0.264 e. The molecule has 25 heavy (non-hydrogen) atoms. The van der Waals surface area contributed by atoms with Crippen molar-refractivity contribution >= 4 is 11.8 Å². The summed E-state index contributed by atoms with van der Waals surface area (Å²) in [5.41, 5.74) is 2.19. The molecule has 2 amide bonds. The van der Waals surface area contributed by atoms with Gasteiger partial charge in [-0.15, -0.1) is 0 Å². The number of aryl methyl sites for hydroxylation is 1. The Hall–Kier alpha value is -2.04. The van der Waals surface area contributed by atoms with E-state index in [1.165, 1.54) is 0 Å². The van der Waals surface area contributed by atoms with Gasteiger partial charge in [0.05, 0.1) is 0 Å². The van der Waals surface area contributed by atoms with Crippen molar-refractivity contribution in [3.63, 3.8) is 0 Å². The Morgan fingerprint density at radius 2 is 1.92 bits per heavy atom. The first-order valence-electron chi connectivity index (χ1n) is 9.01. The zero-order valence-electron chi connectivity index (χ0n) is 16.2. The molecule has 0 aliphatic carbocycles. The first kappa shape index (κ1) is 19.3. The molecule has 2 unspecified atom stereocenters. The van der Waals surface area contributed by atoms with Gasteiger partial charge >= 0.3 is 0 Å². The minimum atomic E-state index is -0.616. The van der Waals surface area contributed by atoms with Crippen LogP contribution in [0.3, 0.4) is 0 Å². The third-order valence-corrected chi connectivity index (χ3v) is 4.70. The number of hydrogen-bond donors (Lipinski definition) is 0. The lowest BCUT2D eigenvalue weighted by atomic mass is 10.0. The molecule has 1 heterocycles. The Morgan fingerprint density at radius 3 is 2.52 bits per heavy atom. The summed E-state index contributed by atoms with van der Waals surface area (Å²) >= 11 is 0. The predicted molar refractivity (Wildman–Crippen MR) is 98.8 cm³/mol. The van der Waals surface area contributed by atoms with Gasteiger partial charge in [-0.2, -0.15) is 0 Å². The van der Waals surface area contributed by atoms with Crippen LogP contribution in [0, 0.1) is 6.92 Å². The summed E-state index contributed by atoms with van der Waals surface area (Å²) in [6.45, 7) is 8.61. The van der Waals surface area contributed by atoms with E-state index in [-0.39, 0.29) is 17.9 Å². The van der Waals surface area contributed by atoms with E-state index >= 15 is 0 Å². The number of hydrogen-bond acceptors (Lipinski definition) is 3. The molecule has 1 aliphatic rings. The van der Waals surface area contributed by atoms with E-state index in [1.807, 2.05) is 13.0 Å². The maximum absolute atomic E-state index is 12.9. The van der Waals surface area contributed by atoms with Crippen molar-refractivity contribution < 1.29 is 14.3 Å². The molecular weight excluding hydrogens is 316 g/mol. The molecule has 1 aromatic carbocycles. The van der Waals surface area contributed by atoms with E-state index < -0.39 is 6.10 Å². The molecule has 0 N–H and O–H groups in total. The number of likely N-dealkylation sites (N-methyl/N-ethyl adjacent to an activating group) is 1. The average Bonchev–Trinajstić information content (AvgIpc) is 3.02. The van der Waals surface area contributed by atoms with Crippen molar-refractivity contribution in [1.29, 1.82) is 0 Å². The SMILES string of the molecule is Cc1ccc(C(C)C)c(OC(C)C(=O)N2CCCC2C(=O)N(C)C)c1. The molecule has 0 bridgehead atoms. The van der Waals surface area contributed by atoms with Gasteiger partial charge < -0.3 is 14.5 Å². The molecule has 5 heteroatoms. The molecule has 0 radical (unpaired) electrons. The molecule has 2 rings (SSSR count). The predicted octanol–water partition coefficient (Wildman–Crippen LogP) is 2.96. The highest BCUT2D eigenvalue weighted by Crippen LogP contribution is 2.29. The highest BCUT2D eigenvalue weighted by Gasteiger charge is 2.37. The number of amides is 2. The molecule has 1 saturated heterocycles. The van der Waals surface area contributed by atoms with Crippen molar-refractivity contribution in [2.75, 3.05) is 20.6 Å². The van der Waals surface area contributed by atoms with Crippen LogP contribution in [0.1, 0.15) is 50.7 Å². The van der Waals surface area contributed by atoms with Crippen molar-refractivity contribution in [3.05, 3.63) is 29.3 Å². The van der Waals surface area contributed by atoms with E-state index in [9.17, 15) is 9.59 Å². The summed E-state index contributed by atoms with van der Waals surface area (Å²) in [7, 11) is 3.45. The first-order chi connectivity index (χ1) is 11.7. The van der Waals surface area contributed by atoms with Crippen LogP contribution in [0.2, 0.25) is 0 Å². The lowest BCUT2D eigenvalue weighted by molar-refractivity contribution is -0.146. The van der Waals surface area contributed by atoms with Crippen molar-refractivity contribution in [3.8, 4) is 5.75 Å². The van der Waals surface area contributed by atoms with Gasteiger partial charge in [0.2, 0.25) is 5.91 Å². The van der Waals surface area contributed by atoms with E-state index in [2.05, 4.69) is 26.0 Å². The topological polar surface area (TPSA) is 49.9 Å². The van der Waals surface area contributed by atoms with Gasteiger partial charge in [-0.3, -0.25) is 9.59 Å². The number of likely N-dealkylation sites (tertiary alicyclic amines) is 1. The normalized spacial score (nSPS) is 18.4. The van der Waals surface area contributed by atoms with E-state index in [0.29, 0.717) is 12.5 Å². The lowest BCUT2D eigenvalue weighted by Gasteiger charge is -2.29. The van der Waals surface area contributed by atoms with Gasteiger partial charge in [0.15, 0.2) is 6.10 Å². The van der Waals surface area contributed by atoms with E-state index in [1.54, 1.807) is 30.8 Å². The fourth-order valence-corrected chi connectivity index (χ4v) is 3.28. The molecular formula is C20H30N2O3. The molecule has 0 spiro atoms. The number of rotatable bonds is 5. The average molecular weight is 346 g/mol. The minimum Gasteiger partial charge on any atom is -0.481 e. The van der Waals surface area contributed by atoms with Crippen LogP contribution < -0.4 is 4.74 Å². The van der Waals surface area contributed by atoms with Crippen molar-refractivity contribution in [2.24, 2.45) is 0 Å². The second-order valence-electron chi connectivity index (χ2n) is 7.38. The smallest absolute Gasteiger partial charge is 0.264 e. The van der Waals surface area contributed by atoms with E-state index in [4.69, 9.17) is 4.74 Å². The molecule has 1 aromatic rings. The Labute approximate surface area is 150 Å². The van der Waals surface area contributed by atoms with Crippen LogP contribution in [0.15, 0.2) is 18.2 Å². The van der Waals surface area contributed by atoms with Gasteiger partial charge in [-0.05, 0) is 49.8 Å². The molecule has 0 saturated carbocycles. The minimum absolute atomic E-state index is 0.0172. The lowest BCUT2D eigenvalue weighted by Crippen LogP contribution is -2.49. The first-order valence-corrected chi connectivity index (χ1v) is 9.01. The number of carbonyl (C=O) groups is 2. The fourth-order valence-electron chi connectivity index (χ4n) is 3.28. The highest BCUT2D eigenvalue weighted by atomic mass is 16.5. The highest BCUT2D eigenvalue weighted by molar-refractivity contribution is 5.89. The summed E-state index contributed by atoms with van der Waals surface area (Å²) in [4.78, 5) is 28.4. The summed E-state index contributed by atoms with van der Waals surface area (Å²) in [6, 6.07) is 5.73. The second kappa shape index (κ2) is 7.89. The monoisotopic (exact) mass is 346 g/mol. The van der Waals surface area contributed by atoms with Crippen LogP contribution in [0.4, 0.5) is 0 Å². The quantitative estimate of drug-likeness (QED) is 0.823. The molecule has 0 aromatic heterocycles. The maximum atomic E-state index is 12.9. The largest absolute Gasteiger partial charge is 0.481 e. The van der Waals surface area contributed by atoms with Crippen LogP contribution in [-0.2, 0) is 9.59 Å². The fraction of sp³-hybridized carbons (Fsp3) is 0.600. The van der Waals surface area contributed by atoms with Crippen LogP contribution in [0.5, 0.6) is 5.75 Å². The molecule has 5 nitrogen and oxygen atoms in total. The summed E-state index contributed by atoms with van der Waals surface area (Å²) in [5, 5.41) is 0.